The van der Waals surface area contributed by atoms with E-state index in [2.05, 4.69) is 26.0 Å². The summed E-state index contributed by atoms with van der Waals surface area (Å²) in [5, 5.41) is 0. The lowest BCUT2D eigenvalue weighted by molar-refractivity contribution is -0.0136. The highest BCUT2D eigenvalue weighted by atomic mass is 16.5. The first kappa shape index (κ1) is 39.6. The lowest BCUT2D eigenvalue weighted by atomic mass is 10.0. The molecule has 0 bridgehead atoms. The van der Waals surface area contributed by atoms with Crippen LogP contribution in [0.15, 0.2) is 12.2 Å². The topological polar surface area (TPSA) is 44.5 Å². The van der Waals surface area contributed by atoms with Crippen LogP contribution in [0, 0.1) is 0 Å². The Balaban J connectivity index is 3.29. The lowest BCUT2D eigenvalue weighted by Gasteiger charge is -2.16. The number of rotatable bonds is 35. The lowest BCUT2D eigenvalue weighted by Crippen LogP contribution is -2.29. The standard InChI is InChI=1S/C37H75NO2/c1-3-5-7-9-11-13-15-17-19-20-21-23-25-27-29-31-33-39-36-37(35-38)40-34-32-30-28-26-24-22-18-16-14-12-10-8-6-4-2/h17,19,37H,3-16,18,20-36,38H2,1-2H3. The van der Waals surface area contributed by atoms with Crippen LogP contribution in [-0.2, 0) is 9.47 Å². The third-order valence-corrected chi connectivity index (χ3v) is 8.22. The van der Waals surface area contributed by atoms with Crippen LogP contribution in [0.25, 0.3) is 0 Å². The van der Waals surface area contributed by atoms with Crippen LogP contribution in [0.2, 0.25) is 0 Å². The Morgan fingerprint density at radius 1 is 0.450 bits per heavy atom. The number of hydrogen-bond donors (Lipinski definition) is 1. The zero-order chi connectivity index (χ0) is 29.0. The number of allylic oxidation sites excluding steroid dienone is 2. The molecule has 0 fully saturated rings. The van der Waals surface area contributed by atoms with Crippen molar-refractivity contribution in [3.63, 3.8) is 0 Å². The van der Waals surface area contributed by atoms with Gasteiger partial charge in [-0.2, -0.15) is 0 Å². The molecule has 0 heterocycles. The smallest absolute Gasteiger partial charge is 0.0930 e. The fraction of sp³-hybridized carbons (Fsp3) is 0.946. The molecule has 0 radical (unpaired) electrons. The van der Waals surface area contributed by atoms with E-state index in [1.165, 1.54) is 167 Å². The molecule has 3 nitrogen and oxygen atoms in total. The summed E-state index contributed by atoms with van der Waals surface area (Å²) in [7, 11) is 0. The molecule has 40 heavy (non-hydrogen) atoms. The predicted molar refractivity (Wildman–Crippen MR) is 179 cm³/mol. The van der Waals surface area contributed by atoms with Crippen LogP contribution in [0.5, 0.6) is 0 Å². The average molecular weight is 566 g/mol. The molecule has 0 saturated carbocycles. The van der Waals surface area contributed by atoms with Gasteiger partial charge in [-0.15, -0.1) is 0 Å². The van der Waals surface area contributed by atoms with Crippen molar-refractivity contribution in [2.45, 2.75) is 200 Å². The van der Waals surface area contributed by atoms with Gasteiger partial charge in [0.25, 0.3) is 0 Å². The van der Waals surface area contributed by atoms with E-state index < -0.39 is 0 Å². The molecule has 1 unspecified atom stereocenters. The van der Waals surface area contributed by atoms with E-state index in [4.69, 9.17) is 15.2 Å². The van der Waals surface area contributed by atoms with E-state index in [-0.39, 0.29) is 6.10 Å². The van der Waals surface area contributed by atoms with E-state index in [0.29, 0.717) is 13.2 Å². The van der Waals surface area contributed by atoms with Gasteiger partial charge >= 0.3 is 0 Å². The van der Waals surface area contributed by atoms with Gasteiger partial charge in [0.1, 0.15) is 0 Å². The van der Waals surface area contributed by atoms with Crippen molar-refractivity contribution in [1.29, 1.82) is 0 Å². The predicted octanol–water partition coefficient (Wildman–Crippen LogP) is 11.9. The molecule has 0 aromatic carbocycles. The second-order valence-electron chi connectivity index (χ2n) is 12.3. The summed E-state index contributed by atoms with van der Waals surface area (Å²) in [6.07, 6.45) is 43.1. The van der Waals surface area contributed by atoms with Crippen LogP contribution < -0.4 is 5.73 Å². The summed E-state index contributed by atoms with van der Waals surface area (Å²) in [4.78, 5) is 0. The normalized spacial score (nSPS) is 12.6. The summed E-state index contributed by atoms with van der Waals surface area (Å²) >= 11 is 0. The number of hydrogen-bond acceptors (Lipinski definition) is 3. The summed E-state index contributed by atoms with van der Waals surface area (Å²) in [6, 6.07) is 0. The van der Waals surface area contributed by atoms with Gasteiger partial charge in [0.15, 0.2) is 0 Å². The summed E-state index contributed by atoms with van der Waals surface area (Å²) in [6.45, 7) is 7.47. The molecule has 0 saturated heterocycles. The maximum atomic E-state index is 5.98. The first-order valence-electron chi connectivity index (χ1n) is 18.4. The van der Waals surface area contributed by atoms with Crippen LogP contribution in [0.4, 0.5) is 0 Å². The Kier molecular flexibility index (Phi) is 36.3. The maximum Gasteiger partial charge on any atom is 0.0930 e. The van der Waals surface area contributed by atoms with Crippen molar-refractivity contribution >= 4 is 0 Å². The average Bonchev–Trinajstić information content (AvgIpc) is 2.97. The van der Waals surface area contributed by atoms with Gasteiger partial charge in [0.05, 0.1) is 12.7 Å². The fourth-order valence-corrected chi connectivity index (χ4v) is 5.40. The Morgan fingerprint density at radius 2 is 0.800 bits per heavy atom. The van der Waals surface area contributed by atoms with Crippen molar-refractivity contribution in [2.24, 2.45) is 5.73 Å². The number of unbranched alkanes of at least 4 members (excludes halogenated alkanes) is 25. The van der Waals surface area contributed by atoms with Crippen molar-refractivity contribution in [1.82, 2.24) is 0 Å². The van der Waals surface area contributed by atoms with Crippen molar-refractivity contribution in [3.05, 3.63) is 12.2 Å². The van der Waals surface area contributed by atoms with Crippen molar-refractivity contribution in [2.75, 3.05) is 26.4 Å². The maximum absolute atomic E-state index is 5.98. The molecule has 2 N–H and O–H groups in total. The molecule has 0 aliphatic rings. The molecule has 0 spiro atoms. The van der Waals surface area contributed by atoms with Crippen molar-refractivity contribution in [3.8, 4) is 0 Å². The minimum absolute atomic E-state index is 0.0658. The minimum Gasteiger partial charge on any atom is -0.379 e. The number of ether oxygens (including phenoxy) is 2. The second-order valence-corrected chi connectivity index (χ2v) is 12.3. The molecular formula is C37H75NO2. The molecule has 240 valence electrons. The van der Waals surface area contributed by atoms with Crippen LogP contribution in [-0.4, -0.2) is 32.5 Å². The van der Waals surface area contributed by atoms with Gasteiger partial charge < -0.3 is 15.2 Å². The Labute approximate surface area is 253 Å². The summed E-state index contributed by atoms with van der Waals surface area (Å²) in [5.74, 6) is 0. The van der Waals surface area contributed by atoms with E-state index >= 15 is 0 Å². The molecule has 0 aliphatic heterocycles. The van der Waals surface area contributed by atoms with E-state index in [1.807, 2.05) is 0 Å². The van der Waals surface area contributed by atoms with Gasteiger partial charge in [0, 0.05) is 19.8 Å². The molecule has 0 aromatic heterocycles. The van der Waals surface area contributed by atoms with Crippen LogP contribution in [0.3, 0.4) is 0 Å². The van der Waals surface area contributed by atoms with Gasteiger partial charge in [-0.05, 0) is 38.5 Å². The zero-order valence-electron chi connectivity index (χ0n) is 27.8. The fourth-order valence-electron chi connectivity index (χ4n) is 5.40. The van der Waals surface area contributed by atoms with E-state index in [0.717, 1.165) is 26.1 Å². The first-order valence-corrected chi connectivity index (χ1v) is 18.4. The third-order valence-electron chi connectivity index (χ3n) is 8.22. The Morgan fingerprint density at radius 3 is 1.20 bits per heavy atom. The molecular weight excluding hydrogens is 490 g/mol. The highest BCUT2D eigenvalue weighted by Crippen LogP contribution is 2.13. The van der Waals surface area contributed by atoms with Crippen LogP contribution in [0.1, 0.15) is 194 Å². The van der Waals surface area contributed by atoms with Gasteiger partial charge in [-0.1, -0.05) is 167 Å². The molecule has 1 atom stereocenters. The molecule has 3 heteroatoms. The zero-order valence-corrected chi connectivity index (χ0v) is 27.8. The third kappa shape index (κ3) is 33.8. The van der Waals surface area contributed by atoms with Crippen molar-refractivity contribution < 1.29 is 9.47 Å². The minimum atomic E-state index is 0.0658. The number of nitrogens with two attached hydrogens (primary N) is 1. The SMILES string of the molecule is CCCCCCCCC=CCCCCCCCCOCC(CN)OCCCCCCCCCCCCCCCC. The van der Waals surface area contributed by atoms with E-state index in [9.17, 15) is 0 Å². The van der Waals surface area contributed by atoms with Gasteiger partial charge in [-0.3, -0.25) is 0 Å². The quantitative estimate of drug-likeness (QED) is 0.0614. The Hall–Kier alpha value is -0.380. The molecule has 0 amide bonds. The summed E-state index contributed by atoms with van der Waals surface area (Å²) < 4.78 is 11.8. The molecule has 0 aromatic rings. The largest absolute Gasteiger partial charge is 0.379 e. The summed E-state index contributed by atoms with van der Waals surface area (Å²) in [5.41, 5.74) is 5.90. The highest BCUT2D eigenvalue weighted by Gasteiger charge is 2.07. The second kappa shape index (κ2) is 36.6. The van der Waals surface area contributed by atoms with E-state index in [1.54, 1.807) is 0 Å². The molecule has 0 rings (SSSR count). The molecule has 0 aliphatic carbocycles. The first-order chi connectivity index (χ1) is 19.8. The van der Waals surface area contributed by atoms with Gasteiger partial charge in [-0.25, -0.2) is 0 Å². The Bertz CT molecular complexity index is 467. The highest BCUT2D eigenvalue weighted by molar-refractivity contribution is 4.81. The van der Waals surface area contributed by atoms with Gasteiger partial charge in [0.2, 0.25) is 0 Å². The van der Waals surface area contributed by atoms with Crippen LogP contribution >= 0.6 is 0 Å². The monoisotopic (exact) mass is 566 g/mol.